The number of nitrogens with one attached hydrogen (secondary N) is 1. The second-order valence-electron chi connectivity index (χ2n) is 7.62. The van der Waals surface area contributed by atoms with Crippen LogP contribution in [0.2, 0.25) is 0 Å². The van der Waals surface area contributed by atoms with Gasteiger partial charge in [-0.15, -0.1) is 0 Å². The number of hydroxylamine groups is 2. The summed E-state index contributed by atoms with van der Waals surface area (Å²) in [5.41, 5.74) is 1.01. The number of hydrogen-bond acceptors (Lipinski definition) is 3. The predicted octanol–water partition coefficient (Wildman–Crippen LogP) is 3.20. The van der Waals surface area contributed by atoms with Crippen molar-refractivity contribution in [2.45, 2.75) is 52.0 Å². The average molecular weight is 360 g/mol. The zero-order valence-corrected chi connectivity index (χ0v) is 16.4. The van der Waals surface area contributed by atoms with Crippen LogP contribution >= 0.6 is 0 Å². The monoisotopic (exact) mass is 360 g/mol. The minimum absolute atomic E-state index is 0.00363. The highest BCUT2D eigenvalue weighted by Gasteiger charge is 2.31. The first kappa shape index (κ1) is 20.4. The molecule has 0 heterocycles. The molecule has 0 aromatic heterocycles. The van der Waals surface area contributed by atoms with Gasteiger partial charge in [-0.3, -0.25) is 14.4 Å². The van der Waals surface area contributed by atoms with Crippen LogP contribution < -0.4 is 5.32 Å². The first-order valence-corrected chi connectivity index (χ1v) is 9.58. The lowest BCUT2D eigenvalue weighted by Crippen LogP contribution is -2.50. The molecule has 0 unspecified atom stereocenters. The maximum Gasteiger partial charge on any atom is 0.268 e. The van der Waals surface area contributed by atoms with Gasteiger partial charge in [0.25, 0.3) is 5.91 Å². The highest BCUT2D eigenvalue weighted by Crippen LogP contribution is 2.33. The molecule has 0 aliphatic heterocycles. The van der Waals surface area contributed by atoms with Crippen molar-refractivity contribution in [2.24, 2.45) is 17.8 Å². The number of carbonyl (C=O) groups is 2. The number of hydrogen-bond donors (Lipinski definition) is 1. The first-order valence-electron chi connectivity index (χ1n) is 9.58. The molecule has 1 fully saturated rings. The molecule has 1 atom stereocenters. The zero-order valence-electron chi connectivity index (χ0n) is 16.4. The molecule has 2 amide bonds. The van der Waals surface area contributed by atoms with E-state index in [2.05, 4.69) is 19.2 Å². The highest BCUT2D eigenvalue weighted by molar-refractivity contribution is 5.88. The molecule has 0 radical (unpaired) electrons. The SMILES string of the molecule is CON(C)C(=O)[C@@H](Cc1ccccc1)NC(=O)C1CCC(C(C)C)CC1. The van der Waals surface area contributed by atoms with Gasteiger partial charge in [0.1, 0.15) is 6.04 Å². The van der Waals surface area contributed by atoms with Crippen molar-refractivity contribution in [2.75, 3.05) is 14.2 Å². The van der Waals surface area contributed by atoms with Crippen LogP contribution in [0.5, 0.6) is 0 Å². The van der Waals surface area contributed by atoms with E-state index in [0.717, 1.165) is 31.2 Å². The number of nitrogens with zero attached hydrogens (tertiary/aromatic N) is 1. The summed E-state index contributed by atoms with van der Waals surface area (Å²) in [6.45, 7) is 4.50. The van der Waals surface area contributed by atoms with Crippen LogP contribution in [0, 0.1) is 17.8 Å². The third-order valence-electron chi connectivity index (χ3n) is 5.57. The summed E-state index contributed by atoms with van der Waals surface area (Å²) in [5.74, 6) is 1.14. The topological polar surface area (TPSA) is 58.6 Å². The molecular formula is C21H32N2O3. The van der Waals surface area contributed by atoms with Crippen LogP contribution in [0.1, 0.15) is 45.1 Å². The van der Waals surface area contributed by atoms with E-state index >= 15 is 0 Å². The van der Waals surface area contributed by atoms with Crippen LogP contribution in [0.25, 0.3) is 0 Å². The van der Waals surface area contributed by atoms with Crippen LogP contribution in [0.4, 0.5) is 0 Å². The van der Waals surface area contributed by atoms with Gasteiger partial charge in [0.05, 0.1) is 7.11 Å². The van der Waals surface area contributed by atoms with Gasteiger partial charge in [0.15, 0.2) is 0 Å². The lowest BCUT2D eigenvalue weighted by molar-refractivity contribution is -0.171. The molecule has 0 bridgehead atoms. The van der Waals surface area contributed by atoms with Gasteiger partial charge < -0.3 is 5.32 Å². The van der Waals surface area contributed by atoms with Crippen LogP contribution in [0.3, 0.4) is 0 Å². The van der Waals surface area contributed by atoms with E-state index in [9.17, 15) is 9.59 Å². The van der Waals surface area contributed by atoms with Crippen molar-refractivity contribution in [1.82, 2.24) is 10.4 Å². The van der Waals surface area contributed by atoms with Crippen LogP contribution in [0.15, 0.2) is 30.3 Å². The van der Waals surface area contributed by atoms with Gasteiger partial charge in [-0.05, 0) is 43.1 Å². The van der Waals surface area contributed by atoms with E-state index in [1.807, 2.05) is 30.3 Å². The quantitative estimate of drug-likeness (QED) is 0.760. The Kier molecular flexibility index (Phi) is 7.64. The Hall–Kier alpha value is -1.88. The lowest BCUT2D eigenvalue weighted by atomic mass is 9.76. The smallest absolute Gasteiger partial charge is 0.268 e. The Labute approximate surface area is 157 Å². The van der Waals surface area contributed by atoms with Gasteiger partial charge in [-0.25, -0.2) is 5.06 Å². The Morgan fingerprint density at radius 3 is 2.31 bits per heavy atom. The fourth-order valence-corrected chi connectivity index (χ4v) is 3.70. The normalized spacial score (nSPS) is 21.3. The largest absolute Gasteiger partial charge is 0.344 e. The van der Waals surface area contributed by atoms with E-state index < -0.39 is 6.04 Å². The molecule has 1 aliphatic carbocycles. The average Bonchev–Trinajstić information content (AvgIpc) is 2.67. The molecular weight excluding hydrogens is 328 g/mol. The van der Waals surface area contributed by atoms with E-state index in [1.165, 1.54) is 12.2 Å². The van der Waals surface area contributed by atoms with Crippen molar-refractivity contribution in [1.29, 1.82) is 0 Å². The predicted molar refractivity (Wildman–Crippen MR) is 102 cm³/mol. The molecule has 2 rings (SSSR count). The van der Waals surface area contributed by atoms with Crippen molar-refractivity contribution in [3.63, 3.8) is 0 Å². The van der Waals surface area contributed by atoms with Gasteiger partial charge in [0, 0.05) is 19.4 Å². The summed E-state index contributed by atoms with van der Waals surface area (Å²) in [4.78, 5) is 30.4. The third-order valence-corrected chi connectivity index (χ3v) is 5.57. The fourth-order valence-electron chi connectivity index (χ4n) is 3.70. The lowest BCUT2D eigenvalue weighted by Gasteiger charge is -2.31. The number of benzene rings is 1. The van der Waals surface area contributed by atoms with Gasteiger partial charge >= 0.3 is 0 Å². The molecule has 1 saturated carbocycles. The summed E-state index contributed by atoms with van der Waals surface area (Å²) >= 11 is 0. The summed E-state index contributed by atoms with van der Waals surface area (Å²) in [6, 6.07) is 9.13. The molecule has 5 heteroatoms. The Balaban J connectivity index is 2.01. The van der Waals surface area contributed by atoms with Crippen molar-refractivity contribution in [3.05, 3.63) is 35.9 Å². The van der Waals surface area contributed by atoms with Crippen LogP contribution in [-0.4, -0.2) is 37.1 Å². The van der Waals surface area contributed by atoms with Gasteiger partial charge in [-0.2, -0.15) is 0 Å². The zero-order chi connectivity index (χ0) is 19.1. The molecule has 0 saturated heterocycles. The van der Waals surface area contributed by atoms with Crippen molar-refractivity contribution >= 4 is 11.8 Å². The summed E-state index contributed by atoms with van der Waals surface area (Å²) in [5, 5.41) is 4.17. The molecule has 144 valence electrons. The number of amides is 2. The Morgan fingerprint density at radius 1 is 1.15 bits per heavy atom. The van der Waals surface area contributed by atoms with E-state index in [0.29, 0.717) is 18.3 Å². The summed E-state index contributed by atoms with van der Waals surface area (Å²) in [7, 11) is 3.02. The summed E-state index contributed by atoms with van der Waals surface area (Å²) < 4.78 is 0. The highest BCUT2D eigenvalue weighted by atomic mass is 16.7. The maximum atomic E-state index is 12.8. The molecule has 1 aromatic carbocycles. The molecule has 5 nitrogen and oxygen atoms in total. The van der Waals surface area contributed by atoms with Gasteiger partial charge in [0.2, 0.25) is 5.91 Å². The third kappa shape index (κ3) is 5.56. The van der Waals surface area contributed by atoms with E-state index in [-0.39, 0.29) is 17.7 Å². The fraction of sp³-hybridized carbons (Fsp3) is 0.619. The van der Waals surface area contributed by atoms with Gasteiger partial charge in [-0.1, -0.05) is 44.2 Å². The Bertz CT molecular complexity index is 580. The maximum absolute atomic E-state index is 12.8. The van der Waals surface area contributed by atoms with Crippen molar-refractivity contribution < 1.29 is 14.4 Å². The standard InChI is InChI=1S/C21H32N2O3/c1-15(2)17-10-12-18(13-11-17)20(24)22-19(21(25)23(3)26-4)14-16-8-6-5-7-9-16/h5-9,15,17-19H,10-14H2,1-4H3,(H,22,24)/t17?,18?,19-/m1/s1. The minimum Gasteiger partial charge on any atom is -0.344 e. The second kappa shape index (κ2) is 9.72. The van der Waals surface area contributed by atoms with Crippen LogP contribution in [-0.2, 0) is 20.8 Å². The molecule has 26 heavy (non-hydrogen) atoms. The second-order valence-corrected chi connectivity index (χ2v) is 7.62. The molecule has 0 spiro atoms. The first-order chi connectivity index (χ1) is 12.4. The summed E-state index contributed by atoms with van der Waals surface area (Å²) in [6.07, 6.45) is 4.44. The minimum atomic E-state index is -0.613. The number of likely N-dealkylation sites (N-methyl/N-ethyl adjacent to an activating group) is 1. The Morgan fingerprint density at radius 2 is 1.77 bits per heavy atom. The van der Waals surface area contributed by atoms with E-state index in [1.54, 1.807) is 7.05 Å². The molecule has 1 aromatic rings. The van der Waals surface area contributed by atoms with Crippen molar-refractivity contribution in [3.8, 4) is 0 Å². The molecule has 1 aliphatic rings. The number of carbonyl (C=O) groups excluding carboxylic acids is 2. The number of rotatable bonds is 7. The van der Waals surface area contributed by atoms with E-state index in [4.69, 9.17) is 4.84 Å². The molecule has 1 N–H and O–H groups in total.